The van der Waals surface area contributed by atoms with E-state index in [1.807, 2.05) is 30.3 Å². The van der Waals surface area contributed by atoms with Crippen LogP contribution in [-0.2, 0) is 22.6 Å². The Morgan fingerprint density at radius 3 is 2.23 bits per heavy atom. The van der Waals surface area contributed by atoms with Crippen molar-refractivity contribution >= 4 is 23.4 Å². The highest BCUT2D eigenvalue weighted by Crippen LogP contribution is 2.32. The smallest absolute Gasteiger partial charge is 0.326 e. The first kappa shape index (κ1) is 30.3. The number of aromatic hydroxyl groups is 1. The van der Waals surface area contributed by atoms with Gasteiger partial charge in [-0.2, -0.15) is 0 Å². The summed E-state index contributed by atoms with van der Waals surface area (Å²) in [6.07, 6.45) is -0.00186. The van der Waals surface area contributed by atoms with Crippen LogP contribution >= 0.6 is 0 Å². The van der Waals surface area contributed by atoms with Gasteiger partial charge in [-0.25, -0.2) is 4.79 Å². The fourth-order valence-electron chi connectivity index (χ4n) is 4.30. The number of carbonyl (C=O) groups is 2. The first-order valence-corrected chi connectivity index (χ1v) is 13.3. The van der Waals surface area contributed by atoms with Gasteiger partial charge in [0.2, 0.25) is 5.91 Å². The third kappa shape index (κ3) is 8.17. The zero-order chi connectivity index (χ0) is 30.8. The van der Waals surface area contributed by atoms with Gasteiger partial charge >= 0.3 is 5.97 Å². The van der Waals surface area contributed by atoms with E-state index in [0.717, 1.165) is 5.56 Å². The van der Waals surface area contributed by atoms with Crippen molar-refractivity contribution in [3.05, 3.63) is 119 Å². The van der Waals surface area contributed by atoms with Crippen LogP contribution in [0.4, 0.5) is 5.69 Å². The van der Waals surface area contributed by atoms with Gasteiger partial charge in [-0.05, 0) is 65.2 Å². The lowest BCUT2D eigenvalue weighted by Crippen LogP contribution is -2.45. The number of nitrogens with zero attached hydrogens (tertiary/aromatic N) is 1. The number of amidine groups is 1. The van der Waals surface area contributed by atoms with Gasteiger partial charge < -0.3 is 41.3 Å². The summed E-state index contributed by atoms with van der Waals surface area (Å²) in [4.78, 5) is 25.8. The highest BCUT2D eigenvalue weighted by molar-refractivity contribution is 5.97. The quantitative estimate of drug-likeness (QED) is 0.0586. The summed E-state index contributed by atoms with van der Waals surface area (Å²) in [5.74, 6) is -0.998. The Morgan fingerprint density at radius 2 is 1.60 bits per heavy atom. The molecular weight excluding hydrogens is 552 g/mol. The molecule has 222 valence electrons. The molecule has 0 aliphatic heterocycles. The Hall–Kier alpha value is -5.71. The highest BCUT2D eigenvalue weighted by Gasteiger charge is 2.28. The predicted octanol–water partition coefficient (Wildman–Crippen LogP) is 4.04. The number of carboxylic acid groups (broad SMARTS) is 1. The molecule has 4 aromatic rings. The number of hydrogen-bond donors (Lipinski definition) is 6. The molecule has 0 radical (unpaired) electrons. The van der Waals surface area contributed by atoms with Crippen molar-refractivity contribution in [2.45, 2.75) is 25.1 Å². The van der Waals surface area contributed by atoms with Crippen LogP contribution in [0, 0.1) is 0 Å². The Balaban J connectivity index is 1.62. The number of ether oxygens (including phenoxy) is 2. The molecule has 0 saturated carbocycles. The Kier molecular flexibility index (Phi) is 10.0. The number of rotatable bonds is 13. The molecule has 0 bridgehead atoms. The Labute approximate surface area is 248 Å². The monoisotopic (exact) mass is 584 g/mol. The van der Waals surface area contributed by atoms with E-state index in [2.05, 4.69) is 15.8 Å². The molecule has 1 amide bonds. The first-order chi connectivity index (χ1) is 20.8. The average Bonchev–Trinajstić information content (AvgIpc) is 3.03. The van der Waals surface area contributed by atoms with Gasteiger partial charge in [0.25, 0.3) is 0 Å². The van der Waals surface area contributed by atoms with Crippen molar-refractivity contribution in [2.24, 2.45) is 10.9 Å². The zero-order valence-corrected chi connectivity index (χ0v) is 23.3. The first-order valence-electron chi connectivity index (χ1n) is 13.3. The number of carbonyl (C=O) groups excluding carboxylic acids is 1. The lowest BCUT2D eigenvalue weighted by molar-refractivity contribution is -0.141. The number of amides is 1. The summed E-state index contributed by atoms with van der Waals surface area (Å²) in [5, 5.41) is 37.2. The number of methoxy groups -OCH3 is 1. The van der Waals surface area contributed by atoms with E-state index in [0.29, 0.717) is 40.5 Å². The minimum absolute atomic E-state index is 0.00186. The number of aliphatic carboxylic acids is 1. The molecular formula is C32H32N4O7. The lowest BCUT2D eigenvalue weighted by Gasteiger charge is -2.24. The van der Waals surface area contributed by atoms with E-state index in [1.165, 1.54) is 19.2 Å². The Bertz CT molecular complexity index is 1560. The number of phenolic OH excluding ortho intramolecular Hbond substituents is 1. The van der Waals surface area contributed by atoms with Gasteiger partial charge in [-0.1, -0.05) is 53.7 Å². The third-order valence-electron chi connectivity index (χ3n) is 6.61. The van der Waals surface area contributed by atoms with Crippen LogP contribution in [0.3, 0.4) is 0 Å². The fourth-order valence-corrected chi connectivity index (χ4v) is 4.30. The van der Waals surface area contributed by atoms with E-state index < -0.39 is 24.0 Å². The van der Waals surface area contributed by atoms with Crippen molar-refractivity contribution < 1.29 is 34.5 Å². The molecule has 0 fully saturated rings. The van der Waals surface area contributed by atoms with Gasteiger partial charge in [0.1, 0.15) is 24.4 Å². The molecule has 0 aliphatic rings. The summed E-state index contributed by atoms with van der Waals surface area (Å²) in [6, 6.07) is 25.0. The van der Waals surface area contributed by atoms with Crippen molar-refractivity contribution in [3.63, 3.8) is 0 Å². The second-order valence-electron chi connectivity index (χ2n) is 9.59. The molecule has 4 aromatic carbocycles. The van der Waals surface area contributed by atoms with E-state index in [-0.39, 0.29) is 18.0 Å². The SMILES string of the molecule is COc1cc([C@H](Nc2ccc(C(N)=NO)cc2)C(=O)NC(Cc2ccc(O)cc2)C(=O)O)ccc1OCc1ccccc1. The summed E-state index contributed by atoms with van der Waals surface area (Å²) in [6.45, 7) is 0.308. The Morgan fingerprint density at radius 1 is 0.907 bits per heavy atom. The number of nitrogens with two attached hydrogens (primary N) is 1. The minimum atomic E-state index is -1.25. The maximum atomic E-state index is 13.7. The fraction of sp³-hybridized carbons (Fsp3) is 0.156. The minimum Gasteiger partial charge on any atom is -0.508 e. The predicted molar refractivity (Wildman–Crippen MR) is 160 cm³/mol. The topological polar surface area (TPSA) is 176 Å². The molecule has 2 atom stereocenters. The van der Waals surface area contributed by atoms with Crippen molar-refractivity contribution in [2.75, 3.05) is 12.4 Å². The number of carboxylic acids is 1. The molecule has 0 saturated heterocycles. The number of phenols is 1. The van der Waals surface area contributed by atoms with Crippen molar-refractivity contribution in [1.29, 1.82) is 0 Å². The van der Waals surface area contributed by atoms with Crippen molar-refractivity contribution in [1.82, 2.24) is 5.32 Å². The van der Waals surface area contributed by atoms with Crippen LogP contribution in [0.1, 0.15) is 28.3 Å². The van der Waals surface area contributed by atoms with Gasteiger partial charge in [-0.3, -0.25) is 4.79 Å². The highest BCUT2D eigenvalue weighted by atomic mass is 16.5. The average molecular weight is 585 g/mol. The van der Waals surface area contributed by atoms with Crippen LogP contribution in [0.15, 0.2) is 102 Å². The summed E-state index contributed by atoms with van der Waals surface area (Å²) >= 11 is 0. The lowest BCUT2D eigenvalue weighted by atomic mass is 10.0. The molecule has 11 nitrogen and oxygen atoms in total. The number of oxime groups is 1. The van der Waals surface area contributed by atoms with Crippen LogP contribution in [0.25, 0.3) is 0 Å². The standard InChI is InChI=1S/C32H32N4O7/c1-42-28-18-23(11-16-27(28)43-19-21-5-3-2-4-6-21)29(34-24-12-9-22(10-13-24)30(33)36-41)31(38)35-26(32(39)40)17-20-7-14-25(37)15-8-20/h2-16,18,26,29,34,37,41H,17,19H2,1H3,(H2,33,36)(H,35,38)(H,39,40)/t26?,29-/m0/s1. The second-order valence-corrected chi connectivity index (χ2v) is 9.59. The van der Waals surface area contributed by atoms with E-state index >= 15 is 0 Å². The van der Waals surface area contributed by atoms with Crippen LogP contribution in [0.2, 0.25) is 0 Å². The molecule has 7 N–H and O–H groups in total. The van der Waals surface area contributed by atoms with E-state index in [9.17, 15) is 19.8 Å². The molecule has 11 heteroatoms. The van der Waals surface area contributed by atoms with Crippen LogP contribution < -0.4 is 25.8 Å². The molecule has 0 heterocycles. The number of hydrogen-bond acceptors (Lipinski definition) is 8. The van der Waals surface area contributed by atoms with E-state index in [4.69, 9.17) is 20.4 Å². The van der Waals surface area contributed by atoms with Crippen LogP contribution in [0.5, 0.6) is 17.2 Å². The molecule has 0 aromatic heterocycles. The third-order valence-corrected chi connectivity index (χ3v) is 6.61. The largest absolute Gasteiger partial charge is 0.508 e. The molecule has 0 spiro atoms. The maximum absolute atomic E-state index is 13.7. The zero-order valence-electron chi connectivity index (χ0n) is 23.3. The number of anilines is 1. The molecule has 0 aliphatic carbocycles. The summed E-state index contributed by atoms with van der Waals surface area (Å²) < 4.78 is 11.5. The van der Waals surface area contributed by atoms with Gasteiger partial charge in [-0.15, -0.1) is 0 Å². The molecule has 1 unspecified atom stereocenters. The van der Waals surface area contributed by atoms with Gasteiger partial charge in [0, 0.05) is 17.7 Å². The van der Waals surface area contributed by atoms with Crippen molar-refractivity contribution in [3.8, 4) is 17.2 Å². The molecule has 4 rings (SSSR count). The summed E-state index contributed by atoms with van der Waals surface area (Å²) in [7, 11) is 1.49. The van der Waals surface area contributed by atoms with Crippen LogP contribution in [-0.4, -0.2) is 46.3 Å². The van der Waals surface area contributed by atoms with E-state index in [1.54, 1.807) is 54.6 Å². The number of nitrogens with one attached hydrogen (secondary N) is 2. The normalized spacial score (nSPS) is 12.5. The number of benzene rings is 4. The van der Waals surface area contributed by atoms with Gasteiger partial charge in [0.05, 0.1) is 7.11 Å². The second kappa shape index (κ2) is 14.3. The summed E-state index contributed by atoms with van der Waals surface area (Å²) in [5.41, 5.74) is 8.72. The molecule has 43 heavy (non-hydrogen) atoms. The maximum Gasteiger partial charge on any atom is 0.326 e. The van der Waals surface area contributed by atoms with Gasteiger partial charge in [0.15, 0.2) is 17.3 Å².